The fourth-order valence-corrected chi connectivity index (χ4v) is 1.41. The topological polar surface area (TPSA) is 22.1 Å². The predicted octanol–water partition coefficient (Wildman–Crippen LogP) is 3.44. The van der Waals surface area contributed by atoms with Crippen molar-refractivity contribution in [2.24, 2.45) is 0 Å². The third-order valence-corrected chi connectivity index (χ3v) is 2.22. The van der Waals surface area contributed by atoms with Crippen LogP contribution in [0.25, 0.3) is 0 Å². The lowest BCUT2D eigenvalue weighted by Gasteiger charge is -2.08. The third kappa shape index (κ3) is 2.34. The van der Waals surface area contributed by atoms with Crippen molar-refractivity contribution in [1.82, 2.24) is 4.98 Å². The lowest BCUT2D eigenvalue weighted by molar-refractivity contribution is 0.474. The summed E-state index contributed by atoms with van der Waals surface area (Å²) in [6.07, 6.45) is 4.49. The van der Waals surface area contributed by atoms with E-state index in [2.05, 4.69) is 11.9 Å². The molecule has 0 aliphatic rings. The second-order valence-electron chi connectivity index (χ2n) is 3.25. The molecule has 1 aromatic carbocycles. The summed E-state index contributed by atoms with van der Waals surface area (Å²) in [6.45, 7) is 2.10. The molecule has 0 saturated carbocycles. The minimum absolute atomic E-state index is 0.839. The van der Waals surface area contributed by atoms with Gasteiger partial charge in [-0.3, -0.25) is 4.98 Å². The van der Waals surface area contributed by atoms with Crippen LogP contribution in [0.15, 0.2) is 48.8 Å². The number of hydrogen-bond donors (Lipinski definition) is 0. The standard InChI is InChI=1S/C13H13NO/c1-2-11-8-9-14-10-13(11)15-12-6-4-3-5-7-12/h3-10H,2H2,1H3. The number of ether oxygens (including phenoxy) is 1. The van der Waals surface area contributed by atoms with Crippen LogP contribution in [-0.2, 0) is 6.42 Å². The molecule has 0 N–H and O–H groups in total. The summed E-state index contributed by atoms with van der Waals surface area (Å²) in [5, 5.41) is 0. The van der Waals surface area contributed by atoms with Crippen molar-refractivity contribution in [1.29, 1.82) is 0 Å². The fraction of sp³-hybridized carbons (Fsp3) is 0.154. The molecule has 0 radical (unpaired) electrons. The van der Waals surface area contributed by atoms with Crippen molar-refractivity contribution in [2.75, 3.05) is 0 Å². The van der Waals surface area contributed by atoms with Crippen molar-refractivity contribution >= 4 is 0 Å². The van der Waals surface area contributed by atoms with Gasteiger partial charge in [-0.05, 0) is 30.2 Å². The van der Waals surface area contributed by atoms with E-state index in [9.17, 15) is 0 Å². The van der Waals surface area contributed by atoms with Gasteiger partial charge in [0.25, 0.3) is 0 Å². The average molecular weight is 199 g/mol. The molecule has 0 aliphatic heterocycles. The Kier molecular flexibility index (Phi) is 2.98. The number of para-hydroxylation sites is 1. The Labute approximate surface area is 89.6 Å². The lowest BCUT2D eigenvalue weighted by atomic mass is 10.2. The van der Waals surface area contributed by atoms with E-state index < -0.39 is 0 Å². The number of aromatic nitrogens is 1. The monoisotopic (exact) mass is 199 g/mol. The fourth-order valence-electron chi connectivity index (χ4n) is 1.41. The maximum Gasteiger partial charge on any atom is 0.148 e. The van der Waals surface area contributed by atoms with Crippen LogP contribution in [0.3, 0.4) is 0 Å². The summed E-state index contributed by atoms with van der Waals surface area (Å²) in [4.78, 5) is 4.06. The van der Waals surface area contributed by atoms with Crippen LogP contribution in [0, 0.1) is 0 Å². The highest BCUT2D eigenvalue weighted by molar-refractivity contribution is 5.35. The van der Waals surface area contributed by atoms with Crippen molar-refractivity contribution in [3.63, 3.8) is 0 Å². The Hall–Kier alpha value is -1.83. The highest BCUT2D eigenvalue weighted by atomic mass is 16.5. The molecule has 0 fully saturated rings. The van der Waals surface area contributed by atoms with Gasteiger partial charge in [0.1, 0.15) is 11.5 Å². The molecule has 15 heavy (non-hydrogen) atoms. The van der Waals surface area contributed by atoms with Gasteiger partial charge in [-0.15, -0.1) is 0 Å². The van der Waals surface area contributed by atoms with E-state index in [1.54, 1.807) is 12.4 Å². The maximum atomic E-state index is 5.74. The molecular formula is C13H13NO. The van der Waals surface area contributed by atoms with E-state index in [-0.39, 0.29) is 0 Å². The van der Waals surface area contributed by atoms with E-state index in [0.717, 1.165) is 17.9 Å². The van der Waals surface area contributed by atoms with Gasteiger partial charge in [0, 0.05) is 6.20 Å². The van der Waals surface area contributed by atoms with Crippen LogP contribution >= 0.6 is 0 Å². The molecule has 76 valence electrons. The van der Waals surface area contributed by atoms with Crippen LogP contribution in [0.1, 0.15) is 12.5 Å². The molecule has 0 bridgehead atoms. The Balaban J connectivity index is 2.24. The second-order valence-corrected chi connectivity index (χ2v) is 3.25. The molecular weight excluding hydrogens is 186 g/mol. The van der Waals surface area contributed by atoms with E-state index in [1.165, 1.54) is 5.56 Å². The summed E-state index contributed by atoms with van der Waals surface area (Å²) in [6, 6.07) is 11.7. The molecule has 2 heteroatoms. The number of pyridine rings is 1. The zero-order chi connectivity index (χ0) is 10.5. The summed E-state index contributed by atoms with van der Waals surface area (Å²) < 4.78 is 5.74. The number of nitrogens with zero attached hydrogens (tertiary/aromatic N) is 1. The largest absolute Gasteiger partial charge is 0.455 e. The molecule has 0 saturated heterocycles. The van der Waals surface area contributed by atoms with Gasteiger partial charge in [-0.25, -0.2) is 0 Å². The molecule has 0 unspecified atom stereocenters. The lowest BCUT2D eigenvalue weighted by Crippen LogP contribution is -1.90. The Morgan fingerprint density at radius 3 is 2.67 bits per heavy atom. The molecule has 0 atom stereocenters. The van der Waals surface area contributed by atoms with Gasteiger partial charge in [-0.1, -0.05) is 25.1 Å². The van der Waals surface area contributed by atoms with E-state index in [4.69, 9.17) is 4.74 Å². The van der Waals surface area contributed by atoms with Gasteiger partial charge in [0.2, 0.25) is 0 Å². The zero-order valence-electron chi connectivity index (χ0n) is 8.68. The molecule has 1 heterocycles. The molecule has 2 rings (SSSR count). The highest BCUT2D eigenvalue weighted by Gasteiger charge is 2.01. The van der Waals surface area contributed by atoms with Crippen LogP contribution in [-0.4, -0.2) is 4.98 Å². The van der Waals surface area contributed by atoms with Crippen LogP contribution in [0.5, 0.6) is 11.5 Å². The first kappa shape index (κ1) is 9.71. The maximum absolute atomic E-state index is 5.74. The number of rotatable bonds is 3. The van der Waals surface area contributed by atoms with Crippen LogP contribution < -0.4 is 4.74 Å². The quantitative estimate of drug-likeness (QED) is 0.755. The van der Waals surface area contributed by atoms with Gasteiger partial charge >= 0.3 is 0 Å². The minimum atomic E-state index is 0.839. The van der Waals surface area contributed by atoms with E-state index in [0.29, 0.717) is 0 Å². The van der Waals surface area contributed by atoms with E-state index in [1.807, 2.05) is 36.4 Å². The zero-order valence-corrected chi connectivity index (χ0v) is 8.68. The molecule has 1 aromatic heterocycles. The molecule has 0 spiro atoms. The number of hydrogen-bond acceptors (Lipinski definition) is 2. The normalized spacial score (nSPS) is 9.93. The molecule has 2 nitrogen and oxygen atoms in total. The smallest absolute Gasteiger partial charge is 0.148 e. The highest BCUT2D eigenvalue weighted by Crippen LogP contribution is 2.23. The Morgan fingerprint density at radius 2 is 1.93 bits per heavy atom. The summed E-state index contributed by atoms with van der Waals surface area (Å²) >= 11 is 0. The van der Waals surface area contributed by atoms with Crippen LogP contribution in [0.4, 0.5) is 0 Å². The summed E-state index contributed by atoms with van der Waals surface area (Å²) in [7, 11) is 0. The van der Waals surface area contributed by atoms with Gasteiger partial charge < -0.3 is 4.74 Å². The first-order chi connectivity index (χ1) is 7.40. The first-order valence-electron chi connectivity index (χ1n) is 5.06. The molecule has 0 amide bonds. The predicted molar refractivity (Wildman–Crippen MR) is 60.1 cm³/mol. The number of aryl methyl sites for hydroxylation is 1. The molecule has 0 aliphatic carbocycles. The third-order valence-electron chi connectivity index (χ3n) is 2.22. The second kappa shape index (κ2) is 4.60. The van der Waals surface area contributed by atoms with E-state index >= 15 is 0 Å². The van der Waals surface area contributed by atoms with Gasteiger partial charge in [-0.2, -0.15) is 0 Å². The SMILES string of the molecule is CCc1ccncc1Oc1ccccc1. The summed E-state index contributed by atoms with van der Waals surface area (Å²) in [5.74, 6) is 1.69. The Morgan fingerprint density at radius 1 is 1.13 bits per heavy atom. The van der Waals surface area contributed by atoms with Crippen molar-refractivity contribution in [3.05, 3.63) is 54.4 Å². The first-order valence-corrected chi connectivity index (χ1v) is 5.06. The van der Waals surface area contributed by atoms with Crippen molar-refractivity contribution in [3.8, 4) is 11.5 Å². The van der Waals surface area contributed by atoms with Gasteiger partial charge in [0.15, 0.2) is 0 Å². The average Bonchev–Trinajstić information content (AvgIpc) is 2.31. The van der Waals surface area contributed by atoms with Crippen LogP contribution in [0.2, 0.25) is 0 Å². The molecule has 2 aromatic rings. The van der Waals surface area contributed by atoms with Crippen molar-refractivity contribution in [2.45, 2.75) is 13.3 Å². The number of benzene rings is 1. The summed E-state index contributed by atoms with van der Waals surface area (Å²) in [5.41, 5.74) is 1.17. The van der Waals surface area contributed by atoms with Crippen molar-refractivity contribution < 1.29 is 4.74 Å². The Bertz CT molecular complexity index is 426. The van der Waals surface area contributed by atoms with Gasteiger partial charge in [0.05, 0.1) is 6.20 Å². The minimum Gasteiger partial charge on any atom is -0.455 e.